The van der Waals surface area contributed by atoms with E-state index < -0.39 is 18.5 Å². The van der Waals surface area contributed by atoms with Crippen LogP contribution in [-0.2, 0) is 9.63 Å². The van der Waals surface area contributed by atoms with Crippen molar-refractivity contribution in [3.8, 4) is 11.5 Å². The van der Waals surface area contributed by atoms with Crippen LogP contribution in [0, 0.1) is 0 Å². The van der Waals surface area contributed by atoms with E-state index >= 15 is 0 Å². The minimum Gasteiger partial charge on any atom is -0.490 e. The number of fused-ring (bicyclic) bond motifs is 1. The highest BCUT2D eigenvalue weighted by Gasteiger charge is 2.14. The zero-order chi connectivity index (χ0) is 13.7. The van der Waals surface area contributed by atoms with Crippen molar-refractivity contribution in [2.24, 2.45) is 0 Å². The first-order valence-corrected chi connectivity index (χ1v) is 5.70. The van der Waals surface area contributed by atoms with E-state index in [9.17, 15) is 9.59 Å². The van der Waals surface area contributed by atoms with Gasteiger partial charge < -0.3 is 14.6 Å². The Morgan fingerprint density at radius 1 is 1.26 bits per heavy atom. The van der Waals surface area contributed by atoms with Crippen molar-refractivity contribution in [2.45, 2.75) is 6.42 Å². The average molecular weight is 267 g/mol. The Kier molecular flexibility index (Phi) is 4.19. The largest absolute Gasteiger partial charge is 0.490 e. The van der Waals surface area contributed by atoms with Gasteiger partial charge in [0, 0.05) is 12.0 Å². The van der Waals surface area contributed by atoms with E-state index in [0.29, 0.717) is 30.3 Å². The number of aliphatic carboxylic acids is 1. The lowest BCUT2D eigenvalue weighted by Crippen LogP contribution is -2.26. The predicted octanol–water partition coefficient (Wildman–Crippen LogP) is 0.594. The summed E-state index contributed by atoms with van der Waals surface area (Å²) in [5.41, 5.74) is 2.34. The van der Waals surface area contributed by atoms with Gasteiger partial charge in [0.2, 0.25) is 0 Å². The summed E-state index contributed by atoms with van der Waals surface area (Å²) in [5.74, 6) is -0.639. The first-order valence-electron chi connectivity index (χ1n) is 5.70. The highest BCUT2D eigenvalue weighted by atomic mass is 16.7. The zero-order valence-corrected chi connectivity index (χ0v) is 10.0. The smallest absolute Gasteiger partial charge is 0.332 e. The number of ether oxygens (including phenoxy) is 2. The number of rotatable bonds is 4. The molecule has 19 heavy (non-hydrogen) atoms. The van der Waals surface area contributed by atoms with Crippen LogP contribution in [0.15, 0.2) is 18.2 Å². The summed E-state index contributed by atoms with van der Waals surface area (Å²) < 4.78 is 10.9. The van der Waals surface area contributed by atoms with Crippen LogP contribution < -0.4 is 15.0 Å². The van der Waals surface area contributed by atoms with Crippen molar-refractivity contribution in [1.29, 1.82) is 0 Å². The monoisotopic (exact) mass is 267 g/mol. The van der Waals surface area contributed by atoms with E-state index in [1.807, 2.05) is 5.48 Å². The first kappa shape index (κ1) is 13.2. The summed E-state index contributed by atoms with van der Waals surface area (Å²) in [6.45, 7) is 0.490. The number of carbonyl (C=O) groups excluding carboxylic acids is 1. The molecule has 0 saturated carbocycles. The van der Waals surface area contributed by atoms with Crippen LogP contribution in [0.3, 0.4) is 0 Å². The molecule has 0 bridgehead atoms. The van der Waals surface area contributed by atoms with E-state index in [2.05, 4.69) is 4.84 Å². The second-order valence-electron chi connectivity index (χ2n) is 3.83. The Labute approximate surface area is 109 Å². The minimum absolute atomic E-state index is 0.301. The Hall–Kier alpha value is -2.28. The lowest BCUT2D eigenvalue weighted by Gasteiger charge is -2.09. The molecule has 1 aliphatic rings. The molecule has 7 heteroatoms. The Bertz CT molecular complexity index is 487. The predicted molar refractivity (Wildman–Crippen MR) is 63.1 cm³/mol. The molecule has 0 unspecified atom stereocenters. The molecule has 0 spiro atoms. The number of benzene rings is 1. The third kappa shape index (κ3) is 3.59. The molecule has 0 fully saturated rings. The molecule has 1 heterocycles. The number of hydrogen-bond donors (Lipinski definition) is 2. The SMILES string of the molecule is O=C(O)CONC(=O)c1ccc2c(c1)OCCCO2. The molecule has 1 aromatic carbocycles. The molecule has 102 valence electrons. The maximum atomic E-state index is 11.7. The number of amides is 1. The zero-order valence-electron chi connectivity index (χ0n) is 10.0. The molecule has 2 N–H and O–H groups in total. The quantitative estimate of drug-likeness (QED) is 0.775. The molecule has 0 aliphatic carbocycles. The van der Waals surface area contributed by atoms with Crippen LogP contribution in [-0.4, -0.2) is 36.8 Å². The molecule has 1 amide bonds. The Balaban J connectivity index is 2.02. The average Bonchev–Trinajstić information content (AvgIpc) is 2.62. The summed E-state index contributed by atoms with van der Waals surface area (Å²) in [6, 6.07) is 4.71. The van der Waals surface area contributed by atoms with E-state index in [1.54, 1.807) is 12.1 Å². The van der Waals surface area contributed by atoms with Gasteiger partial charge in [-0.3, -0.25) is 9.63 Å². The standard InChI is InChI=1S/C12H13NO6/c14-11(15)7-19-13-12(16)8-2-3-9-10(6-8)18-5-1-4-17-9/h2-3,6H,1,4-5,7H2,(H,13,16)(H,14,15). The first-order chi connectivity index (χ1) is 9.16. The van der Waals surface area contributed by atoms with Crippen LogP contribution in [0.2, 0.25) is 0 Å². The molecule has 0 aromatic heterocycles. The number of carboxylic acid groups (broad SMARTS) is 1. The van der Waals surface area contributed by atoms with Gasteiger partial charge >= 0.3 is 5.97 Å². The fourth-order valence-corrected chi connectivity index (χ4v) is 1.53. The van der Waals surface area contributed by atoms with Crippen molar-refractivity contribution >= 4 is 11.9 Å². The number of carbonyl (C=O) groups is 2. The number of hydrogen-bond acceptors (Lipinski definition) is 5. The number of carboxylic acids is 1. The van der Waals surface area contributed by atoms with Crippen molar-refractivity contribution in [1.82, 2.24) is 5.48 Å². The lowest BCUT2D eigenvalue weighted by molar-refractivity contribution is -0.144. The topological polar surface area (TPSA) is 94.1 Å². The third-order valence-corrected chi connectivity index (χ3v) is 2.37. The van der Waals surface area contributed by atoms with Gasteiger partial charge in [0.1, 0.15) is 0 Å². The normalized spacial score (nSPS) is 13.5. The molecule has 1 aliphatic heterocycles. The summed E-state index contributed by atoms with van der Waals surface area (Å²) in [4.78, 5) is 26.4. The van der Waals surface area contributed by atoms with Crippen molar-refractivity contribution in [2.75, 3.05) is 19.8 Å². The molecular weight excluding hydrogens is 254 g/mol. The Morgan fingerprint density at radius 2 is 2.00 bits per heavy atom. The fourth-order valence-electron chi connectivity index (χ4n) is 1.53. The van der Waals surface area contributed by atoms with Gasteiger partial charge in [0.15, 0.2) is 18.1 Å². The molecule has 0 radical (unpaired) electrons. The molecule has 7 nitrogen and oxygen atoms in total. The van der Waals surface area contributed by atoms with Gasteiger partial charge in [-0.05, 0) is 18.2 Å². The lowest BCUT2D eigenvalue weighted by atomic mass is 10.2. The van der Waals surface area contributed by atoms with Crippen molar-refractivity contribution < 1.29 is 29.0 Å². The fraction of sp³-hybridized carbons (Fsp3) is 0.333. The van der Waals surface area contributed by atoms with Crippen molar-refractivity contribution in [3.05, 3.63) is 23.8 Å². The van der Waals surface area contributed by atoms with Gasteiger partial charge in [-0.25, -0.2) is 10.3 Å². The number of hydroxylamine groups is 1. The minimum atomic E-state index is -1.17. The van der Waals surface area contributed by atoms with Gasteiger partial charge in [0.25, 0.3) is 5.91 Å². The molecule has 2 rings (SSSR count). The Morgan fingerprint density at radius 3 is 2.74 bits per heavy atom. The van der Waals surface area contributed by atoms with E-state index in [1.165, 1.54) is 6.07 Å². The summed E-state index contributed by atoms with van der Waals surface area (Å²) in [5, 5.41) is 8.37. The summed E-state index contributed by atoms with van der Waals surface area (Å²) in [7, 11) is 0. The second-order valence-corrected chi connectivity index (χ2v) is 3.83. The molecule has 0 atom stereocenters. The molecular formula is C12H13NO6. The van der Waals surface area contributed by atoms with Crippen LogP contribution >= 0.6 is 0 Å². The van der Waals surface area contributed by atoms with Crippen LogP contribution in [0.5, 0.6) is 11.5 Å². The highest BCUT2D eigenvalue weighted by molar-refractivity contribution is 5.94. The number of nitrogens with one attached hydrogen (secondary N) is 1. The molecule has 0 saturated heterocycles. The van der Waals surface area contributed by atoms with Gasteiger partial charge in [0.05, 0.1) is 13.2 Å². The summed E-state index contributed by atoms with van der Waals surface area (Å²) in [6.07, 6.45) is 0.776. The van der Waals surface area contributed by atoms with Gasteiger partial charge in [-0.1, -0.05) is 0 Å². The van der Waals surface area contributed by atoms with E-state index in [-0.39, 0.29) is 0 Å². The van der Waals surface area contributed by atoms with Crippen LogP contribution in [0.25, 0.3) is 0 Å². The van der Waals surface area contributed by atoms with E-state index in [0.717, 1.165) is 6.42 Å². The third-order valence-electron chi connectivity index (χ3n) is 2.37. The van der Waals surface area contributed by atoms with Crippen LogP contribution in [0.1, 0.15) is 16.8 Å². The van der Waals surface area contributed by atoms with Gasteiger partial charge in [-0.15, -0.1) is 0 Å². The summed E-state index contributed by atoms with van der Waals surface area (Å²) >= 11 is 0. The van der Waals surface area contributed by atoms with Crippen molar-refractivity contribution in [3.63, 3.8) is 0 Å². The van der Waals surface area contributed by atoms with Crippen LogP contribution in [0.4, 0.5) is 0 Å². The van der Waals surface area contributed by atoms with E-state index in [4.69, 9.17) is 14.6 Å². The second kappa shape index (κ2) is 6.05. The highest BCUT2D eigenvalue weighted by Crippen LogP contribution is 2.30. The van der Waals surface area contributed by atoms with Gasteiger partial charge in [-0.2, -0.15) is 0 Å². The molecule has 1 aromatic rings. The maximum absolute atomic E-state index is 11.7. The maximum Gasteiger partial charge on any atom is 0.332 e.